The highest BCUT2D eigenvalue weighted by Crippen LogP contribution is 2.40. The Morgan fingerprint density at radius 3 is 1.98 bits per heavy atom. The number of aromatic nitrogens is 2. The van der Waals surface area contributed by atoms with Crippen LogP contribution in [0.4, 0.5) is 0 Å². The lowest BCUT2D eigenvalue weighted by Gasteiger charge is -2.14. The highest BCUT2D eigenvalue weighted by atomic mass is 15.0. The highest BCUT2D eigenvalue weighted by Gasteiger charge is 2.16. The molecule has 0 amide bonds. The summed E-state index contributed by atoms with van der Waals surface area (Å²) in [5, 5.41) is 10.1. The predicted octanol–water partition coefficient (Wildman–Crippen LogP) is 11.2. The van der Waals surface area contributed by atoms with E-state index in [1.165, 1.54) is 49.0 Å². The number of hydrogen-bond donors (Lipinski definition) is 0. The standard InChI is InChI=1S/C41H26N2/c1-3-31-33-10-5-6-11-35(33)41-42-36-24-30(20-23-38(36)43(41)37(31)4-2)25-12-14-26(15-13-25)32-21-18-29-17-16-27-8-7-9-28-19-22-34(32)40(29)39(27)28/h3-24H,1-2H2. The van der Waals surface area contributed by atoms with Gasteiger partial charge in [0.05, 0.1) is 16.7 Å². The van der Waals surface area contributed by atoms with E-state index in [0.717, 1.165) is 44.3 Å². The van der Waals surface area contributed by atoms with Crippen LogP contribution >= 0.6 is 0 Å². The molecule has 0 atom stereocenters. The SMILES string of the molecule is C=Cc1c(C=C)n2c3ccc(-c4ccc(-c5ccc6ccc7cccc8ccc5c6c78)cc4)cc3nc2c2ccccc12. The third kappa shape index (κ3) is 3.32. The molecule has 43 heavy (non-hydrogen) atoms. The molecule has 0 unspecified atom stereocenters. The van der Waals surface area contributed by atoms with Crippen molar-refractivity contribution in [2.45, 2.75) is 0 Å². The molecule has 0 fully saturated rings. The Kier molecular flexibility index (Phi) is 4.94. The van der Waals surface area contributed by atoms with Gasteiger partial charge in [0.15, 0.2) is 0 Å². The Morgan fingerprint density at radius 1 is 0.535 bits per heavy atom. The zero-order chi connectivity index (χ0) is 28.7. The lowest BCUT2D eigenvalue weighted by molar-refractivity contribution is 1.21. The van der Waals surface area contributed by atoms with Crippen molar-refractivity contribution in [3.63, 3.8) is 0 Å². The monoisotopic (exact) mass is 546 g/mol. The molecule has 2 heterocycles. The van der Waals surface area contributed by atoms with Crippen LogP contribution in [0.25, 0.3) is 94.2 Å². The first-order valence-electron chi connectivity index (χ1n) is 14.6. The minimum Gasteiger partial charge on any atom is -0.292 e. The average molecular weight is 547 g/mol. The molecule has 0 aliphatic heterocycles. The van der Waals surface area contributed by atoms with E-state index in [9.17, 15) is 0 Å². The second-order valence-corrected chi connectivity index (χ2v) is 11.3. The van der Waals surface area contributed by atoms with Gasteiger partial charge in [0.25, 0.3) is 0 Å². The van der Waals surface area contributed by atoms with Crippen molar-refractivity contribution in [3.05, 3.63) is 146 Å². The van der Waals surface area contributed by atoms with Crippen LogP contribution in [0, 0.1) is 0 Å². The maximum atomic E-state index is 5.13. The van der Waals surface area contributed by atoms with E-state index in [-0.39, 0.29) is 0 Å². The lowest BCUT2D eigenvalue weighted by Crippen LogP contribution is -1.97. The molecule has 0 spiro atoms. The number of hydrogen-bond acceptors (Lipinski definition) is 1. The minimum absolute atomic E-state index is 0.938. The molecule has 7 aromatic carbocycles. The van der Waals surface area contributed by atoms with Crippen LogP contribution in [-0.2, 0) is 0 Å². The summed E-state index contributed by atoms with van der Waals surface area (Å²) in [7, 11) is 0. The fourth-order valence-corrected chi connectivity index (χ4v) is 7.10. The number of nitrogens with zero attached hydrogens (tertiary/aromatic N) is 2. The Labute approximate surface area is 248 Å². The Balaban J connectivity index is 1.18. The zero-order valence-electron chi connectivity index (χ0n) is 23.5. The third-order valence-corrected chi connectivity index (χ3v) is 9.08. The van der Waals surface area contributed by atoms with Gasteiger partial charge in [-0.1, -0.05) is 128 Å². The molecule has 2 aromatic heterocycles. The van der Waals surface area contributed by atoms with Crippen molar-refractivity contribution in [2.24, 2.45) is 0 Å². The van der Waals surface area contributed by atoms with E-state index in [1.807, 2.05) is 12.2 Å². The quantitative estimate of drug-likeness (QED) is 0.201. The summed E-state index contributed by atoms with van der Waals surface area (Å²) >= 11 is 0. The van der Waals surface area contributed by atoms with E-state index < -0.39 is 0 Å². The van der Waals surface area contributed by atoms with E-state index in [1.54, 1.807) is 0 Å². The van der Waals surface area contributed by atoms with E-state index in [4.69, 9.17) is 4.98 Å². The van der Waals surface area contributed by atoms with Gasteiger partial charge in [-0.25, -0.2) is 4.98 Å². The van der Waals surface area contributed by atoms with Gasteiger partial charge in [0.1, 0.15) is 5.65 Å². The smallest absolute Gasteiger partial charge is 0.146 e. The Bertz CT molecular complexity index is 2570. The molecule has 9 rings (SSSR count). The number of pyridine rings is 1. The molecule has 0 saturated heterocycles. The Hall–Kier alpha value is -5.73. The second kappa shape index (κ2) is 8.88. The summed E-state index contributed by atoms with van der Waals surface area (Å²) in [6.45, 7) is 8.23. The summed E-state index contributed by atoms with van der Waals surface area (Å²) in [6.07, 6.45) is 3.82. The van der Waals surface area contributed by atoms with E-state index >= 15 is 0 Å². The summed E-state index contributed by atoms with van der Waals surface area (Å²) < 4.78 is 2.21. The molecule has 2 heteroatoms. The topological polar surface area (TPSA) is 17.3 Å². The molecule has 0 N–H and O–H groups in total. The molecule has 200 valence electrons. The summed E-state index contributed by atoms with van der Waals surface area (Å²) in [5.41, 5.74) is 9.83. The molecule has 0 aliphatic carbocycles. The lowest BCUT2D eigenvalue weighted by atomic mass is 9.89. The molecular weight excluding hydrogens is 520 g/mol. The number of benzene rings is 7. The van der Waals surface area contributed by atoms with Crippen LogP contribution < -0.4 is 0 Å². The van der Waals surface area contributed by atoms with Crippen LogP contribution in [0.3, 0.4) is 0 Å². The fraction of sp³-hybridized carbons (Fsp3) is 0. The van der Waals surface area contributed by atoms with Gasteiger partial charge in [-0.15, -0.1) is 0 Å². The second-order valence-electron chi connectivity index (χ2n) is 11.3. The molecule has 2 nitrogen and oxygen atoms in total. The first kappa shape index (κ1) is 23.9. The van der Waals surface area contributed by atoms with Crippen molar-refractivity contribution in [3.8, 4) is 22.3 Å². The highest BCUT2D eigenvalue weighted by molar-refractivity contribution is 6.25. The normalized spacial score (nSPS) is 11.9. The average Bonchev–Trinajstić information content (AvgIpc) is 3.45. The zero-order valence-corrected chi connectivity index (χ0v) is 23.5. The molecule has 0 radical (unpaired) electrons. The van der Waals surface area contributed by atoms with Crippen molar-refractivity contribution < 1.29 is 0 Å². The molecule has 0 bridgehead atoms. The van der Waals surface area contributed by atoms with Gasteiger partial charge >= 0.3 is 0 Å². The molecule has 9 aromatic rings. The third-order valence-electron chi connectivity index (χ3n) is 9.08. The maximum Gasteiger partial charge on any atom is 0.146 e. The largest absolute Gasteiger partial charge is 0.292 e. The van der Waals surface area contributed by atoms with Gasteiger partial charge in [-0.3, -0.25) is 4.40 Å². The van der Waals surface area contributed by atoms with Gasteiger partial charge in [-0.2, -0.15) is 0 Å². The first-order chi connectivity index (χ1) is 21.2. The first-order valence-corrected chi connectivity index (χ1v) is 14.6. The van der Waals surface area contributed by atoms with Crippen molar-refractivity contribution in [2.75, 3.05) is 0 Å². The van der Waals surface area contributed by atoms with Crippen molar-refractivity contribution in [1.29, 1.82) is 0 Å². The van der Waals surface area contributed by atoms with Crippen LogP contribution in [-0.4, -0.2) is 9.38 Å². The van der Waals surface area contributed by atoms with Crippen LogP contribution in [0.15, 0.2) is 134 Å². The Morgan fingerprint density at radius 2 is 1.21 bits per heavy atom. The number of imidazole rings is 1. The number of fused-ring (bicyclic) bond motifs is 5. The van der Waals surface area contributed by atoms with Gasteiger partial charge < -0.3 is 0 Å². The minimum atomic E-state index is 0.938. The van der Waals surface area contributed by atoms with E-state index in [2.05, 4.69) is 139 Å². The fourth-order valence-electron chi connectivity index (χ4n) is 7.10. The summed E-state index contributed by atoms with van der Waals surface area (Å²) in [4.78, 5) is 5.13. The van der Waals surface area contributed by atoms with Gasteiger partial charge in [0, 0.05) is 10.9 Å². The molecular formula is C41H26N2. The van der Waals surface area contributed by atoms with Crippen LogP contribution in [0.1, 0.15) is 11.3 Å². The van der Waals surface area contributed by atoms with Crippen molar-refractivity contribution >= 4 is 71.9 Å². The summed E-state index contributed by atoms with van der Waals surface area (Å²) in [5.74, 6) is 0. The van der Waals surface area contributed by atoms with Crippen LogP contribution in [0.2, 0.25) is 0 Å². The van der Waals surface area contributed by atoms with Gasteiger partial charge in [-0.05, 0) is 78.2 Å². The maximum absolute atomic E-state index is 5.13. The van der Waals surface area contributed by atoms with Crippen LogP contribution in [0.5, 0.6) is 0 Å². The van der Waals surface area contributed by atoms with E-state index in [0.29, 0.717) is 0 Å². The van der Waals surface area contributed by atoms with Gasteiger partial charge in [0.2, 0.25) is 0 Å². The molecule has 0 aliphatic rings. The molecule has 0 saturated carbocycles. The summed E-state index contributed by atoms with van der Waals surface area (Å²) in [6, 6.07) is 44.0. The predicted molar refractivity (Wildman–Crippen MR) is 185 cm³/mol. The number of rotatable bonds is 4. The van der Waals surface area contributed by atoms with Crippen molar-refractivity contribution in [1.82, 2.24) is 9.38 Å².